The maximum absolute atomic E-state index is 12.5. The Bertz CT molecular complexity index is 936. The summed E-state index contributed by atoms with van der Waals surface area (Å²) in [5, 5.41) is 5.63. The summed E-state index contributed by atoms with van der Waals surface area (Å²) in [7, 11) is 0. The van der Waals surface area contributed by atoms with Crippen LogP contribution in [0.1, 0.15) is 66.3 Å². The van der Waals surface area contributed by atoms with Gasteiger partial charge in [-0.25, -0.2) is 4.79 Å². The summed E-state index contributed by atoms with van der Waals surface area (Å²) in [6, 6.07) is 11.9. The second-order valence-corrected chi connectivity index (χ2v) is 7.31. The Balaban J connectivity index is 1.77. The number of carbonyl (C=O) groups is 3. The number of rotatable bonds is 5. The maximum Gasteiger partial charge on any atom is 0.323 e. The van der Waals surface area contributed by atoms with E-state index in [0.29, 0.717) is 22.7 Å². The van der Waals surface area contributed by atoms with Crippen molar-refractivity contribution in [1.82, 2.24) is 4.90 Å². The molecule has 2 N–H and O–H groups in total. The summed E-state index contributed by atoms with van der Waals surface area (Å²) in [5.74, 6) is -0.309. The Morgan fingerprint density at radius 3 is 2.32 bits per heavy atom. The molecule has 0 spiro atoms. The van der Waals surface area contributed by atoms with Crippen molar-refractivity contribution in [3.63, 3.8) is 0 Å². The lowest BCUT2D eigenvalue weighted by Crippen LogP contribution is -2.35. The van der Waals surface area contributed by atoms with Gasteiger partial charge >= 0.3 is 6.03 Å². The lowest BCUT2D eigenvalue weighted by atomic mass is 9.97. The Hall–Kier alpha value is -3.15. The van der Waals surface area contributed by atoms with Crippen LogP contribution in [0.5, 0.6) is 0 Å². The largest absolute Gasteiger partial charge is 0.323 e. The number of anilines is 2. The SMILES string of the molecule is CCC(C)c1ccccc1NC(=O)Nc1ccc2c(c1)C(=O)N(C(C)C)C2=O. The fourth-order valence-corrected chi connectivity index (χ4v) is 3.35. The second kappa shape index (κ2) is 7.84. The molecule has 2 aromatic rings. The van der Waals surface area contributed by atoms with E-state index in [1.807, 2.05) is 24.3 Å². The second-order valence-electron chi connectivity index (χ2n) is 7.31. The molecule has 0 aromatic heterocycles. The van der Waals surface area contributed by atoms with Crippen molar-refractivity contribution in [3.8, 4) is 0 Å². The Morgan fingerprint density at radius 2 is 1.64 bits per heavy atom. The minimum atomic E-state index is -0.395. The van der Waals surface area contributed by atoms with E-state index in [1.165, 1.54) is 4.90 Å². The lowest BCUT2D eigenvalue weighted by Gasteiger charge is -2.17. The van der Waals surface area contributed by atoms with E-state index in [4.69, 9.17) is 0 Å². The van der Waals surface area contributed by atoms with Crippen LogP contribution in [0.4, 0.5) is 16.2 Å². The van der Waals surface area contributed by atoms with E-state index in [9.17, 15) is 14.4 Å². The van der Waals surface area contributed by atoms with Gasteiger partial charge in [-0.15, -0.1) is 0 Å². The molecule has 0 bridgehead atoms. The molecule has 1 atom stereocenters. The van der Waals surface area contributed by atoms with Gasteiger partial charge in [-0.3, -0.25) is 14.5 Å². The van der Waals surface area contributed by atoms with Crippen LogP contribution in [-0.2, 0) is 0 Å². The van der Waals surface area contributed by atoms with Crippen LogP contribution < -0.4 is 10.6 Å². The first-order valence-corrected chi connectivity index (χ1v) is 9.52. The van der Waals surface area contributed by atoms with Crippen LogP contribution in [0.3, 0.4) is 0 Å². The van der Waals surface area contributed by atoms with Gasteiger partial charge in [0.25, 0.3) is 11.8 Å². The summed E-state index contributed by atoms with van der Waals surface area (Å²) < 4.78 is 0. The number of hydrogen-bond donors (Lipinski definition) is 2. The molecule has 146 valence electrons. The molecule has 3 rings (SSSR count). The zero-order valence-corrected chi connectivity index (χ0v) is 16.6. The molecule has 28 heavy (non-hydrogen) atoms. The van der Waals surface area contributed by atoms with Gasteiger partial charge < -0.3 is 10.6 Å². The molecule has 0 fully saturated rings. The number of fused-ring (bicyclic) bond motifs is 1. The molecule has 6 nitrogen and oxygen atoms in total. The van der Waals surface area contributed by atoms with Crippen LogP contribution in [0.25, 0.3) is 0 Å². The number of imide groups is 1. The van der Waals surface area contributed by atoms with E-state index in [2.05, 4.69) is 24.5 Å². The topological polar surface area (TPSA) is 78.5 Å². The molecule has 0 saturated heterocycles. The number of para-hydroxylation sites is 1. The number of nitrogens with one attached hydrogen (secondary N) is 2. The molecular formula is C22H25N3O3. The summed E-state index contributed by atoms with van der Waals surface area (Å²) >= 11 is 0. The van der Waals surface area contributed by atoms with Gasteiger partial charge in [0, 0.05) is 17.4 Å². The molecule has 0 saturated carbocycles. The van der Waals surface area contributed by atoms with Crippen molar-refractivity contribution in [2.24, 2.45) is 0 Å². The Labute approximate surface area is 164 Å². The molecule has 1 unspecified atom stereocenters. The number of nitrogens with zero attached hydrogens (tertiary/aromatic N) is 1. The van der Waals surface area contributed by atoms with Crippen molar-refractivity contribution in [3.05, 3.63) is 59.2 Å². The minimum Gasteiger partial charge on any atom is -0.308 e. The number of carbonyl (C=O) groups excluding carboxylic acids is 3. The smallest absolute Gasteiger partial charge is 0.308 e. The summed E-state index contributed by atoms with van der Waals surface area (Å²) in [6.07, 6.45) is 0.966. The van der Waals surface area contributed by atoms with Gasteiger partial charge in [-0.1, -0.05) is 32.0 Å². The third kappa shape index (κ3) is 3.63. The van der Waals surface area contributed by atoms with Gasteiger partial charge in [0.15, 0.2) is 0 Å². The highest BCUT2D eigenvalue weighted by molar-refractivity contribution is 6.22. The monoisotopic (exact) mass is 379 g/mol. The highest BCUT2D eigenvalue weighted by Crippen LogP contribution is 2.28. The maximum atomic E-state index is 12.5. The normalized spacial score (nSPS) is 14.2. The predicted octanol–water partition coefficient (Wildman–Crippen LogP) is 4.85. The third-order valence-corrected chi connectivity index (χ3v) is 5.04. The highest BCUT2D eigenvalue weighted by Gasteiger charge is 2.37. The predicted molar refractivity (Wildman–Crippen MR) is 110 cm³/mol. The molecule has 6 heteroatoms. The van der Waals surface area contributed by atoms with Crippen molar-refractivity contribution in [2.75, 3.05) is 10.6 Å². The van der Waals surface area contributed by atoms with Crippen LogP contribution >= 0.6 is 0 Å². The number of urea groups is 1. The van der Waals surface area contributed by atoms with Crippen molar-refractivity contribution in [1.29, 1.82) is 0 Å². The van der Waals surface area contributed by atoms with Gasteiger partial charge in [-0.2, -0.15) is 0 Å². The molecule has 1 aliphatic rings. The van der Waals surface area contributed by atoms with Crippen molar-refractivity contribution < 1.29 is 14.4 Å². The molecular weight excluding hydrogens is 354 g/mol. The quantitative estimate of drug-likeness (QED) is 0.729. The fraction of sp³-hybridized carbons (Fsp3) is 0.318. The average Bonchev–Trinajstić information content (AvgIpc) is 2.91. The van der Waals surface area contributed by atoms with E-state index in [0.717, 1.165) is 17.7 Å². The molecule has 1 heterocycles. The first-order chi connectivity index (χ1) is 13.3. The standard InChI is InChI=1S/C22H25N3O3/c1-5-14(4)16-8-6-7-9-19(16)24-22(28)23-15-10-11-17-18(12-15)21(27)25(13(2)3)20(17)26/h6-14H,5H2,1-4H3,(H2,23,24,28). The van der Waals surface area contributed by atoms with Gasteiger partial charge in [0.1, 0.15) is 0 Å². The summed E-state index contributed by atoms with van der Waals surface area (Å²) in [6.45, 7) is 7.80. The van der Waals surface area contributed by atoms with Crippen molar-refractivity contribution in [2.45, 2.75) is 46.1 Å². The van der Waals surface area contributed by atoms with Gasteiger partial charge in [0.05, 0.1) is 11.1 Å². The number of amides is 4. The zero-order chi connectivity index (χ0) is 20.4. The van der Waals surface area contributed by atoms with Gasteiger partial charge in [-0.05, 0) is 56.0 Å². The molecule has 4 amide bonds. The summed E-state index contributed by atoms with van der Waals surface area (Å²) in [5.41, 5.74) is 2.97. The number of hydrogen-bond acceptors (Lipinski definition) is 3. The fourth-order valence-electron chi connectivity index (χ4n) is 3.35. The molecule has 2 aromatic carbocycles. The first kappa shape index (κ1) is 19.6. The molecule has 0 aliphatic carbocycles. The summed E-state index contributed by atoms with van der Waals surface area (Å²) in [4.78, 5) is 38.6. The van der Waals surface area contributed by atoms with Gasteiger partial charge in [0.2, 0.25) is 0 Å². The van der Waals surface area contributed by atoms with Crippen LogP contribution in [0.15, 0.2) is 42.5 Å². The Morgan fingerprint density at radius 1 is 0.964 bits per heavy atom. The van der Waals surface area contributed by atoms with Crippen LogP contribution in [0, 0.1) is 0 Å². The third-order valence-electron chi connectivity index (χ3n) is 5.04. The zero-order valence-electron chi connectivity index (χ0n) is 16.6. The van der Waals surface area contributed by atoms with E-state index >= 15 is 0 Å². The Kier molecular flexibility index (Phi) is 5.49. The van der Waals surface area contributed by atoms with E-state index in [1.54, 1.807) is 32.0 Å². The lowest BCUT2D eigenvalue weighted by molar-refractivity contribution is 0.0609. The van der Waals surface area contributed by atoms with E-state index in [-0.39, 0.29) is 17.9 Å². The molecule has 0 radical (unpaired) electrons. The van der Waals surface area contributed by atoms with Crippen LogP contribution in [0.2, 0.25) is 0 Å². The number of benzene rings is 2. The van der Waals surface area contributed by atoms with E-state index < -0.39 is 6.03 Å². The van der Waals surface area contributed by atoms with Crippen LogP contribution in [-0.4, -0.2) is 28.8 Å². The highest BCUT2D eigenvalue weighted by atomic mass is 16.2. The average molecular weight is 379 g/mol. The first-order valence-electron chi connectivity index (χ1n) is 9.52. The molecule has 1 aliphatic heterocycles. The van der Waals surface area contributed by atoms with Crippen molar-refractivity contribution >= 4 is 29.2 Å². The minimum absolute atomic E-state index is 0.218.